The number of pyridine rings is 1. The number of carbonyl (C=O) groups excluding carboxylic acids is 2. The first-order valence-electron chi connectivity index (χ1n) is 17.3. The number of aromatic amines is 1. The summed E-state index contributed by atoms with van der Waals surface area (Å²) in [6, 6.07) is 11.1. The van der Waals surface area contributed by atoms with E-state index in [4.69, 9.17) is 4.74 Å². The van der Waals surface area contributed by atoms with E-state index in [0.717, 1.165) is 56.6 Å². The fourth-order valence-electron chi connectivity index (χ4n) is 6.26. The zero-order valence-electron chi connectivity index (χ0n) is 31.1. The molecule has 1 aliphatic carbocycles. The van der Waals surface area contributed by atoms with Gasteiger partial charge in [-0.2, -0.15) is 0 Å². The van der Waals surface area contributed by atoms with Crippen LogP contribution in [0, 0.1) is 25.2 Å². The molecule has 3 N–H and O–H groups in total. The number of ether oxygens (including phenoxy) is 1. The number of carbonyl (C=O) groups is 2. The van der Waals surface area contributed by atoms with Crippen molar-refractivity contribution in [3.05, 3.63) is 102 Å². The minimum Gasteiger partial charge on any atom is -0.455 e. The van der Waals surface area contributed by atoms with Crippen molar-refractivity contribution in [3.8, 4) is 5.75 Å². The summed E-state index contributed by atoms with van der Waals surface area (Å²) >= 11 is 1.70. The van der Waals surface area contributed by atoms with Crippen molar-refractivity contribution in [2.75, 3.05) is 6.54 Å². The number of hydrogen-bond donors (Lipinski definition) is 3. The number of likely N-dealkylation sites (tertiary alicyclic amines) is 1. The minimum absolute atomic E-state index is 0.0488. The number of thioether (sulfide) groups is 1. The van der Waals surface area contributed by atoms with Gasteiger partial charge < -0.3 is 25.3 Å². The molecular weight excluding hydrogens is 631 g/mol. The lowest BCUT2D eigenvalue weighted by atomic mass is 10.00. The lowest BCUT2D eigenvalue weighted by Gasteiger charge is -2.25. The number of nitrogens with one attached hydrogen (secondary N) is 3. The van der Waals surface area contributed by atoms with Gasteiger partial charge in [-0.25, -0.2) is 0 Å². The Morgan fingerprint density at radius 1 is 1.14 bits per heavy atom. The van der Waals surface area contributed by atoms with Gasteiger partial charge in [0, 0.05) is 40.6 Å². The second kappa shape index (κ2) is 19.7. The number of allylic oxidation sites excluding steroid dienone is 3. The molecule has 4 atom stereocenters. The monoisotopic (exact) mass is 687 g/mol. The van der Waals surface area contributed by atoms with E-state index in [1.165, 1.54) is 5.56 Å². The van der Waals surface area contributed by atoms with E-state index in [1.807, 2.05) is 76.9 Å². The number of piperidine rings is 1. The van der Waals surface area contributed by atoms with E-state index < -0.39 is 0 Å². The van der Waals surface area contributed by atoms with E-state index in [0.29, 0.717) is 29.8 Å². The van der Waals surface area contributed by atoms with E-state index in [-0.39, 0.29) is 12.5 Å². The van der Waals surface area contributed by atoms with Crippen LogP contribution in [0.25, 0.3) is 10.9 Å². The Hall–Kier alpha value is -4.24. The number of aryl methyl sites for hydroxylation is 2. The van der Waals surface area contributed by atoms with E-state index in [2.05, 4.69) is 85.7 Å². The molecule has 4 heterocycles. The SMILES string of the molecule is C=CC1=C(/C=C\C)Oc2cc(C)ccc2S1.C=CNCc1cc2cnc(C)cc2[nH]1.CC.CC.CC1C[C@]2(C)C(C)C2N1C(=O)CNC=O. The van der Waals surface area contributed by atoms with Gasteiger partial charge in [-0.15, -0.1) is 0 Å². The normalized spacial score (nSPS) is 21.0. The van der Waals surface area contributed by atoms with Crippen LogP contribution in [0.1, 0.15) is 78.8 Å². The summed E-state index contributed by atoms with van der Waals surface area (Å²) < 4.78 is 5.86. The summed E-state index contributed by atoms with van der Waals surface area (Å²) in [6.45, 7) is 28.9. The maximum Gasteiger partial charge on any atom is 0.242 e. The van der Waals surface area contributed by atoms with E-state index >= 15 is 0 Å². The molecule has 1 saturated carbocycles. The molecule has 2 amide bonds. The van der Waals surface area contributed by atoms with Gasteiger partial charge in [0.1, 0.15) is 11.5 Å². The predicted molar refractivity (Wildman–Crippen MR) is 206 cm³/mol. The predicted octanol–water partition coefficient (Wildman–Crippen LogP) is 8.99. The maximum absolute atomic E-state index is 11.8. The zero-order chi connectivity index (χ0) is 36.7. The van der Waals surface area contributed by atoms with Gasteiger partial charge in [0.15, 0.2) is 0 Å². The number of benzene rings is 1. The highest BCUT2D eigenvalue weighted by atomic mass is 32.2. The highest BCUT2D eigenvalue weighted by Crippen LogP contribution is 2.63. The van der Waals surface area contributed by atoms with Gasteiger partial charge in [0.25, 0.3) is 0 Å². The fraction of sp³-hybridized carbons (Fsp3) is 0.425. The number of nitrogens with zero attached hydrogens (tertiary/aromatic N) is 2. The molecule has 6 rings (SSSR count). The molecule has 1 saturated heterocycles. The molecule has 3 aliphatic rings. The molecule has 49 heavy (non-hydrogen) atoms. The first kappa shape index (κ1) is 40.9. The van der Waals surface area contributed by atoms with Gasteiger partial charge in [0.2, 0.25) is 12.3 Å². The summed E-state index contributed by atoms with van der Waals surface area (Å²) in [5, 5.41) is 6.64. The molecule has 9 heteroatoms. The van der Waals surface area contributed by atoms with Crippen LogP contribution < -0.4 is 15.4 Å². The second-order valence-electron chi connectivity index (χ2n) is 12.0. The molecule has 0 radical (unpaired) electrons. The standard InChI is InChI=1S/C14H14OS.C11H13N3.C11H18N2O2.2C2H6/c1-4-6-11-13(5-2)16-14-8-7-10(3)9-12(14)15-11;1-3-12-7-10-5-9-6-13-8(2)4-11(9)14-10;1-7-4-11(3)8(2)10(11)13(7)9(15)5-12-6-14;2*1-2/h4-9H,2H2,1,3H3;3-6,12,14H,1,7H2,2H3;6-8,10H,4-5H2,1-3H3,(H,12,14);2*1-2H3/b6-4-;;;;/t;;7?,8?,10?,11-;;/m..1../s1. The third-order valence-electron chi connectivity index (χ3n) is 8.63. The van der Waals surface area contributed by atoms with Crippen molar-refractivity contribution in [1.29, 1.82) is 0 Å². The van der Waals surface area contributed by atoms with Crippen LogP contribution in [-0.4, -0.2) is 45.8 Å². The highest BCUT2D eigenvalue weighted by Gasteiger charge is 2.67. The van der Waals surface area contributed by atoms with Gasteiger partial charge in [-0.05, 0) is 87.6 Å². The highest BCUT2D eigenvalue weighted by molar-refractivity contribution is 8.03. The molecule has 3 aromatic rings. The average Bonchev–Trinajstić information content (AvgIpc) is 3.37. The molecule has 0 spiro atoms. The van der Waals surface area contributed by atoms with Crippen LogP contribution >= 0.6 is 11.8 Å². The van der Waals surface area contributed by atoms with E-state index in [1.54, 1.807) is 18.0 Å². The Morgan fingerprint density at radius 3 is 2.47 bits per heavy atom. The maximum atomic E-state index is 11.8. The summed E-state index contributed by atoms with van der Waals surface area (Å²) in [6.07, 6.45) is 11.0. The number of rotatable bonds is 8. The Balaban J connectivity index is 0.000000243. The number of fused-ring (bicyclic) bond motifs is 3. The molecule has 2 fully saturated rings. The van der Waals surface area contributed by atoms with Crippen LogP contribution in [0.3, 0.4) is 0 Å². The summed E-state index contributed by atoms with van der Waals surface area (Å²) in [5.74, 6) is 2.46. The van der Waals surface area contributed by atoms with Crippen LogP contribution in [0.4, 0.5) is 0 Å². The minimum atomic E-state index is 0.0488. The number of aromatic nitrogens is 2. The molecule has 1 aromatic carbocycles. The fourth-order valence-corrected chi connectivity index (χ4v) is 7.13. The van der Waals surface area contributed by atoms with Crippen LogP contribution in [-0.2, 0) is 16.1 Å². The second-order valence-corrected chi connectivity index (χ2v) is 13.1. The van der Waals surface area contributed by atoms with E-state index in [9.17, 15) is 9.59 Å². The lowest BCUT2D eigenvalue weighted by Crippen LogP contribution is -2.42. The number of hydrogen-bond acceptors (Lipinski definition) is 6. The van der Waals surface area contributed by atoms with Crippen molar-refractivity contribution in [2.24, 2.45) is 11.3 Å². The van der Waals surface area contributed by atoms with Crippen molar-refractivity contribution >= 4 is 35.0 Å². The molecule has 2 aliphatic heterocycles. The van der Waals surface area contributed by atoms with Gasteiger partial charge in [-0.3, -0.25) is 14.6 Å². The molecular formula is C40H57N5O3S. The topological polar surface area (TPSA) is 99.3 Å². The first-order chi connectivity index (χ1) is 23.6. The quantitative estimate of drug-likeness (QED) is 0.205. The third-order valence-corrected chi connectivity index (χ3v) is 9.78. The largest absolute Gasteiger partial charge is 0.455 e. The molecule has 0 bridgehead atoms. The summed E-state index contributed by atoms with van der Waals surface area (Å²) in [7, 11) is 0. The summed E-state index contributed by atoms with van der Waals surface area (Å²) in [4.78, 5) is 33.7. The Bertz CT molecular complexity index is 1630. The van der Waals surface area contributed by atoms with Gasteiger partial charge in [0.05, 0.1) is 22.9 Å². The zero-order valence-corrected chi connectivity index (χ0v) is 32.0. The van der Waals surface area contributed by atoms with Crippen LogP contribution in [0.5, 0.6) is 5.75 Å². The molecule has 2 aromatic heterocycles. The molecule has 3 unspecified atom stereocenters. The Morgan fingerprint density at radius 2 is 1.86 bits per heavy atom. The third kappa shape index (κ3) is 10.4. The van der Waals surface area contributed by atoms with Crippen molar-refractivity contribution in [3.63, 3.8) is 0 Å². The first-order valence-corrected chi connectivity index (χ1v) is 18.1. The van der Waals surface area contributed by atoms with Gasteiger partial charge in [-0.1, -0.05) is 84.7 Å². The van der Waals surface area contributed by atoms with Crippen LogP contribution in [0.2, 0.25) is 0 Å². The van der Waals surface area contributed by atoms with Gasteiger partial charge >= 0.3 is 0 Å². The summed E-state index contributed by atoms with van der Waals surface area (Å²) in [5.41, 5.74) is 4.85. The molecule has 266 valence electrons. The van der Waals surface area contributed by atoms with Crippen molar-refractivity contribution in [1.82, 2.24) is 25.5 Å². The number of H-pyrrole nitrogens is 1. The van der Waals surface area contributed by atoms with Crippen molar-refractivity contribution in [2.45, 2.75) is 99.2 Å². The number of amides is 2. The smallest absolute Gasteiger partial charge is 0.242 e. The van der Waals surface area contributed by atoms with Crippen LogP contribution in [0.15, 0.2) is 89.7 Å². The Labute approximate surface area is 298 Å². The average molecular weight is 688 g/mol. The van der Waals surface area contributed by atoms with Crippen molar-refractivity contribution < 1.29 is 14.3 Å². The lowest BCUT2D eigenvalue weighted by molar-refractivity contribution is -0.133. The Kier molecular flexibility index (Phi) is 16.4. The molecule has 8 nitrogen and oxygen atoms in total.